The molecule has 1 N–H and O–H groups in total. The maximum Gasteiger partial charge on any atom is 0.308 e. The lowest BCUT2D eigenvalue weighted by Gasteiger charge is -2.07. The number of rotatable bonds is 4. The van der Waals surface area contributed by atoms with E-state index >= 15 is 0 Å². The molecule has 0 spiro atoms. The van der Waals surface area contributed by atoms with Gasteiger partial charge in [-0.25, -0.2) is 0 Å². The highest BCUT2D eigenvalue weighted by molar-refractivity contribution is 6.30. The summed E-state index contributed by atoms with van der Waals surface area (Å²) in [7, 11) is 0. The Labute approximate surface area is 105 Å². The van der Waals surface area contributed by atoms with Gasteiger partial charge >= 0.3 is 5.97 Å². The van der Waals surface area contributed by atoms with Gasteiger partial charge < -0.3 is 10.1 Å². The summed E-state index contributed by atoms with van der Waals surface area (Å²) in [5.74, 6) is -1.00. The predicted molar refractivity (Wildman–Crippen MR) is 65.9 cm³/mol. The van der Waals surface area contributed by atoms with Crippen LogP contribution in [-0.2, 0) is 14.3 Å². The molecule has 0 saturated heterocycles. The molecule has 1 amide bonds. The largest absolute Gasteiger partial charge is 0.455 e. The van der Waals surface area contributed by atoms with Crippen LogP contribution in [0.1, 0.15) is 13.8 Å². The maximum absolute atomic E-state index is 11.4. The molecule has 17 heavy (non-hydrogen) atoms. The summed E-state index contributed by atoms with van der Waals surface area (Å²) in [6.45, 7) is 3.14. The van der Waals surface area contributed by atoms with Crippen LogP contribution in [0, 0.1) is 5.92 Å². The van der Waals surface area contributed by atoms with Gasteiger partial charge in [0.2, 0.25) is 0 Å². The van der Waals surface area contributed by atoms with E-state index in [0.717, 1.165) is 0 Å². The van der Waals surface area contributed by atoms with E-state index in [1.54, 1.807) is 38.1 Å². The fourth-order valence-electron chi connectivity index (χ4n) is 1.03. The molecule has 1 rings (SSSR count). The van der Waals surface area contributed by atoms with Crippen LogP contribution < -0.4 is 5.32 Å². The molecule has 0 bridgehead atoms. The molecule has 5 heteroatoms. The van der Waals surface area contributed by atoms with Crippen molar-refractivity contribution in [2.75, 3.05) is 11.9 Å². The standard InChI is InChI=1S/C12H14ClNO3/c1-8(2)12(16)17-7-11(15)14-10-5-3-9(13)4-6-10/h3-6,8H,7H2,1-2H3,(H,14,15). The highest BCUT2D eigenvalue weighted by atomic mass is 35.5. The maximum atomic E-state index is 11.4. The lowest BCUT2D eigenvalue weighted by Crippen LogP contribution is -2.22. The fraction of sp³-hybridized carbons (Fsp3) is 0.333. The van der Waals surface area contributed by atoms with Gasteiger partial charge in [0.05, 0.1) is 5.92 Å². The summed E-state index contributed by atoms with van der Waals surface area (Å²) in [5.41, 5.74) is 0.611. The Hall–Kier alpha value is -1.55. The minimum atomic E-state index is -0.392. The average molecular weight is 256 g/mol. The van der Waals surface area contributed by atoms with Crippen LogP contribution in [0.5, 0.6) is 0 Å². The van der Waals surface area contributed by atoms with E-state index in [1.165, 1.54) is 0 Å². The molecular weight excluding hydrogens is 242 g/mol. The number of benzene rings is 1. The number of nitrogens with one attached hydrogen (secondary N) is 1. The molecule has 0 aromatic heterocycles. The molecule has 1 aromatic carbocycles. The fourth-order valence-corrected chi connectivity index (χ4v) is 1.16. The molecule has 0 radical (unpaired) electrons. The van der Waals surface area contributed by atoms with Crippen LogP contribution in [0.25, 0.3) is 0 Å². The summed E-state index contributed by atoms with van der Waals surface area (Å²) in [5, 5.41) is 3.18. The van der Waals surface area contributed by atoms with Gasteiger partial charge in [-0.1, -0.05) is 25.4 Å². The molecule has 0 aliphatic heterocycles. The third-order valence-electron chi connectivity index (χ3n) is 1.94. The van der Waals surface area contributed by atoms with Crippen molar-refractivity contribution in [2.24, 2.45) is 5.92 Å². The van der Waals surface area contributed by atoms with Crippen molar-refractivity contribution in [1.29, 1.82) is 0 Å². The number of anilines is 1. The zero-order chi connectivity index (χ0) is 12.8. The van der Waals surface area contributed by atoms with Crippen molar-refractivity contribution in [3.05, 3.63) is 29.3 Å². The van der Waals surface area contributed by atoms with Gasteiger partial charge in [-0.3, -0.25) is 9.59 Å². The van der Waals surface area contributed by atoms with Crippen molar-refractivity contribution in [3.8, 4) is 0 Å². The second-order valence-corrected chi connectivity index (χ2v) is 4.25. The summed E-state index contributed by atoms with van der Waals surface area (Å²) < 4.78 is 4.78. The molecular formula is C12H14ClNO3. The van der Waals surface area contributed by atoms with Gasteiger partial charge in [-0.2, -0.15) is 0 Å². The van der Waals surface area contributed by atoms with Gasteiger partial charge in [0.15, 0.2) is 6.61 Å². The first-order chi connectivity index (χ1) is 7.99. The zero-order valence-electron chi connectivity index (χ0n) is 9.70. The topological polar surface area (TPSA) is 55.4 Å². The number of esters is 1. The molecule has 0 aliphatic rings. The van der Waals surface area contributed by atoms with E-state index in [-0.39, 0.29) is 18.4 Å². The Kier molecular flexibility index (Phi) is 4.97. The van der Waals surface area contributed by atoms with Gasteiger partial charge in [-0.15, -0.1) is 0 Å². The number of hydrogen-bond donors (Lipinski definition) is 1. The van der Waals surface area contributed by atoms with Crippen LogP contribution in [0.15, 0.2) is 24.3 Å². The third-order valence-corrected chi connectivity index (χ3v) is 2.20. The van der Waals surface area contributed by atoms with E-state index in [0.29, 0.717) is 10.7 Å². The molecule has 0 fully saturated rings. The second kappa shape index (κ2) is 6.25. The first-order valence-electron chi connectivity index (χ1n) is 5.21. The minimum Gasteiger partial charge on any atom is -0.455 e. The Balaban J connectivity index is 2.40. The number of carbonyl (C=O) groups excluding carboxylic acids is 2. The van der Waals surface area contributed by atoms with Gasteiger partial charge in [-0.05, 0) is 24.3 Å². The number of hydrogen-bond acceptors (Lipinski definition) is 3. The number of halogens is 1. The van der Waals surface area contributed by atoms with Crippen LogP contribution in [-0.4, -0.2) is 18.5 Å². The zero-order valence-corrected chi connectivity index (χ0v) is 10.5. The second-order valence-electron chi connectivity index (χ2n) is 3.82. The monoisotopic (exact) mass is 255 g/mol. The quantitative estimate of drug-likeness (QED) is 0.841. The molecule has 4 nitrogen and oxygen atoms in total. The Bertz CT molecular complexity index is 401. The first-order valence-corrected chi connectivity index (χ1v) is 5.59. The number of amides is 1. The van der Waals surface area contributed by atoms with Gasteiger partial charge in [0.1, 0.15) is 0 Å². The molecule has 0 atom stereocenters. The van der Waals surface area contributed by atoms with Crippen molar-refractivity contribution in [2.45, 2.75) is 13.8 Å². The molecule has 1 aromatic rings. The normalized spacial score (nSPS) is 10.1. The molecule has 0 heterocycles. The van der Waals surface area contributed by atoms with Crippen LogP contribution in [0.4, 0.5) is 5.69 Å². The molecule has 0 saturated carbocycles. The van der Waals surface area contributed by atoms with Gasteiger partial charge in [0.25, 0.3) is 5.91 Å². The van der Waals surface area contributed by atoms with Crippen LogP contribution >= 0.6 is 11.6 Å². The summed E-state index contributed by atoms with van der Waals surface area (Å²) in [4.78, 5) is 22.5. The SMILES string of the molecule is CC(C)C(=O)OCC(=O)Nc1ccc(Cl)cc1. The highest BCUT2D eigenvalue weighted by Gasteiger charge is 2.11. The Morgan fingerprint density at radius 2 is 1.88 bits per heavy atom. The van der Waals surface area contributed by atoms with Gasteiger partial charge in [0, 0.05) is 10.7 Å². The van der Waals surface area contributed by atoms with Crippen molar-refractivity contribution in [1.82, 2.24) is 0 Å². The van der Waals surface area contributed by atoms with Crippen LogP contribution in [0.3, 0.4) is 0 Å². The van der Waals surface area contributed by atoms with E-state index in [4.69, 9.17) is 16.3 Å². The minimum absolute atomic E-state index is 0.238. The van der Waals surface area contributed by atoms with Crippen LogP contribution in [0.2, 0.25) is 5.02 Å². The Morgan fingerprint density at radius 1 is 1.29 bits per heavy atom. The lowest BCUT2D eigenvalue weighted by atomic mass is 10.2. The van der Waals surface area contributed by atoms with Crippen molar-refractivity contribution in [3.63, 3.8) is 0 Å². The summed E-state index contributed by atoms with van der Waals surface area (Å²) in [6, 6.07) is 6.67. The van der Waals surface area contributed by atoms with Crippen molar-refractivity contribution < 1.29 is 14.3 Å². The Morgan fingerprint density at radius 3 is 2.41 bits per heavy atom. The smallest absolute Gasteiger partial charge is 0.308 e. The lowest BCUT2D eigenvalue weighted by molar-refractivity contribution is -0.150. The van der Waals surface area contributed by atoms with Crippen molar-refractivity contribution >= 4 is 29.2 Å². The third kappa shape index (κ3) is 4.87. The highest BCUT2D eigenvalue weighted by Crippen LogP contribution is 2.13. The molecule has 0 aliphatic carbocycles. The van der Waals surface area contributed by atoms with E-state index in [1.807, 2.05) is 0 Å². The van der Waals surface area contributed by atoms with E-state index < -0.39 is 5.97 Å². The average Bonchev–Trinajstić information content (AvgIpc) is 2.29. The van der Waals surface area contributed by atoms with E-state index in [9.17, 15) is 9.59 Å². The predicted octanol–water partition coefficient (Wildman–Crippen LogP) is 2.48. The summed E-state index contributed by atoms with van der Waals surface area (Å²) in [6.07, 6.45) is 0. The summed E-state index contributed by atoms with van der Waals surface area (Å²) >= 11 is 5.70. The first kappa shape index (κ1) is 13.5. The number of carbonyl (C=O) groups is 2. The molecule has 92 valence electrons. The number of ether oxygens (including phenoxy) is 1. The molecule has 0 unspecified atom stereocenters. The van der Waals surface area contributed by atoms with E-state index in [2.05, 4.69) is 5.32 Å².